The van der Waals surface area contributed by atoms with E-state index in [1.165, 1.54) is 0 Å². The summed E-state index contributed by atoms with van der Waals surface area (Å²) < 4.78 is 10.8. The van der Waals surface area contributed by atoms with Crippen LogP contribution in [0.3, 0.4) is 0 Å². The Labute approximate surface area is 180 Å². The van der Waals surface area contributed by atoms with Crippen LogP contribution < -0.4 is 4.74 Å². The summed E-state index contributed by atoms with van der Waals surface area (Å²) in [6.45, 7) is 11.2. The van der Waals surface area contributed by atoms with Gasteiger partial charge in [0.25, 0.3) is 0 Å². The van der Waals surface area contributed by atoms with E-state index in [4.69, 9.17) is 9.47 Å². The molecule has 0 saturated carbocycles. The Morgan fingerprint density at radius 2 is 1.83 bits per heavy atom. The van der Waals surface area contributed by atoms with Crippen LogP contribution in [-0.2, 0) is 11.3 Å². The third kappa shape index (κ3) is 6.15. The zero-order chi connectivity index (χ0) is 22.3. The number of methoxy groups -OCH3 is 1. The molecule has 3 amide bonds. The summed E-state index contributed by atoms with van der Waals surface area (Å²) in [7, 11) is 3.44. The van der Waals surface area contributed by atoms with Gasteiger partial charge in [0.2, 0.25) is 0 Å². The van der Waals surface area contributed by atoms with Gasteiger partial charge < -0.3 is 19.3 Å². The van der Waals surface area contributed by atoms with Crippen molar-refractivity contribution in [2.24, 2.45) is 0 Å². The predicted molar refractivity (Wildman–Crippen MR) is 117 cm³/mol. The number of carbonyl (C=O) groups excluding carboxylic acids is 2. The Hall–Kier alpha value is -2.70. The fraction of sp³-hybridized carbons (Fsp3) is 0.565. The second-order valence-electron chi connectivity index (χ2n) is 8.25. The van der Waals surface area contributed by atoms with Gasteiger partial charge in [-0.1, -0.05) is 25.6 Å². The Morgan fingerprint density at radius 3 is 2.33 bits per heavy atom. The van der Waals surface area contributed by atoms with Crippen LogP contribution in [0.4, 0.5) is 9.59 Å². The first-order valence-corrected chi connectivity index (χ1v) is 10.5. The lowest BCUT2D eigenvalue weighted by Crippen LogP contribution is -2.50. The molecule has 1 heterocycles. The molecule has 1 fully saturated rings. The maximum absolute atomic E-state index is 13.0. The molecular weight excluding hydrogens is 382 g/mol. The van der Waals surface area contributed by atoms with Crippen LogP contribution in [0.1, 0.15) is 45.6 Å². The maximum Gasteiger partial charge on any atom is 0.410 e. The number of amides is 3. The standard InChI is InChI=1S/C23H35N3O4/c1-7-23(3,4)30-22(28)26-15-13-19(14-16-26)24(5)21(27)25(8-2)17-18-9-11-20(29-6)12-10-18/h8-12,19H,2,7,13-17H2,1,3-6H3. The van der Waals surface area contributed by atoms with Crippen molar-refractivity contribution in [1.29, 1.82) is 0 Å². The molecule has 1 saturated heterocycles. The van der Waals surface area contributed by atoms with Crippen molar-refractivity contribution in [3.63, 3.8) is 0 Å². The highest BCUT2D eigenvalue weighted by atomic mass is 16.6. The van der Waals surface area contributed by atoms with Gasteiger partial charge in [-0.2, -0.15) is 0 Å². The van der Waals surface area contributed by atoms with Crippen molar-refractivity contribution in [3.8, 4) is 5.75 Å². The first-order valence-electron chi connectivity index (χ1n) is 10.5. The molecule has 1 aliphatic heterocycles. The lowest BCUT2D eigenvalue weighted by atomic mass is 10.0. The van der Waals surface area contributed by atoms with Crippen LogP contribution in [0.25, 0.3) is 0 Å². The van der Waals surface area contributed by atoms with E-state index in [9.17, 15) is 9.59 Å². The predicted octanol–water partition coefficient (Wildman–Crippen LogP) is 4.48. The van der Waals surface area contributed by atoms with Crippen molar-refractivity contribution in [2.75, 3.05) is 27.2 Å². The summed E-state index contributed by atoms with van der Waals surface area (Å²) in [6, 6.07) is 7.58. The fourth-order valence-corrected chi connectivity index (χ4v) is 3.31. The minimum atomic E-state index is -0.466. The third-order valence-corrected chi connectivity index (χ3v) is 5.77. The van der Waals surface area contributed by atoms with Crippen LogP contribution in [-0.4, -0.2) is 65.7 Å². The largest absolute Gasteiger partial charge is 0.497 e. The molecule has 7 heteroatoms. The molecule has 0 N–H and O–H groups in total. The zero-order valence-corrected chi connectivity index (χ0v) is 18.9. The molecule has 0 aliphatic carbocycles. The monoisotopic (exact) mass is 417 g/mol. The van der Waals surface area contributed by atoms with E-state index in [1.807, 2.05) is 52.1 Å². The molecule has 0 aromatic heterocycles. The van der Waals surface area contributed by atoms with E-state index >= 15 is 0 Å². The minimum absolute atomic E-state index is 0.0686. The Balaban J connectivity index is 1.90. The smallest absolute Gasteiger partial charge is 0.410 e. The molecule has 1 aromatic rings. The van der Waals surface area contributed by atoms with Crippen molar-refractivity contribution < 1.29 is 19.1 Å². The lowest BCUT2D eigenvalue weighted by molar-refractivity contribution is 0.00460. The van der Waals surface area contributed by atoms with Crippen molar-refractivity contribution >= 4 is 12.1 Å². The van der Waals surface area contributed by atoms with E-state index in [-0.39, 0.29) is 18.2 Å². The Bertz CT molecular complexity index is 724. The molecule has 166 valence electrons. The lowest BCUT2D eigenvalue weighted by Gasteiger charge is -2.38. The second-order valence-corrected chi connectivity index (χ2v) is 8.25. The van der Waals surface area contributed by atoms with Gasteiger partial charge >= 0.3 is 12.1 Å². The Kier molecular flexibility index (Phi) is 8.15. The number of hydrogen-bond acceptors (Lipinski definition) is 4. The first kappa shape index (κ1) is 23.6. The van der Waals surface area contributed by atoms with Gasteiger partial charge in [0.15, 0.2) is 0 Å². The molecule has 0 atom stereocenters. The van der Waals surface area contributed by atoms with Gasteiger partial charge in [-0.05, 0) is 50.8 Å². The van der Waals surface area contributed by atoms with Crippen LogP contribution in [0.2, 0.25) is 0 Å². The second kappa shape index (κ2) is 10.4. The quantitative estimate of drug-likeness (QED) is 0.656. The molecule has 0 unspecified atom stereocenters. The molecule has 0 radical (unpaired) electrons. The van der Waals surface area contributed by atoms with E-state index in [0.29, 0.717) is 19.6 Å². The number of rotatable bonds is 7. The highest BCUT2D eigenvalue weighted by Gasteiger charge is 2.31. The summed E-state index contributed by atoms with van der Waals surface area (Å²) in [4.78, 5) is 30.5. The number of urea groups is 1. The number of piperidine rings is 1. The SMILES string of the molecule is C=CN(Cc1ccc(OC)cc1)C(=O)N(C)C1CCN(C(=O)OC(C)(C)CC)CC1. The molecule has 1 aliphatic rings. The van der Waals surface area contributed by atoms with Crippen molar-refractivity contribution in [2.45, 2.75) is 58.2 Å². The van der Waals surface area contributed by atoms with Gasteiger partial charge in [-0.25, -0.2) is 9.59 Å². The van der Waals surface area contributed by atoms with E-state index in [2.05, 4.69) is 6.58 Å². The average Bonchev–Trinajstić information content (AvgIpc) is 2.76. The summed E-state index contributed by atoms with van der Waals surface area (Å²) in [6.07, 6.45) is 3.48. The highest BCUT2D eigenvalue weighted by molar-refractivity contribution is 5.75. The van der Waals surface area contributed by atoms with Crippen molar-refractivity contribution in [3.05, 3.63) is 42.6 Å². The van der Waals surface area contributed by atoms with Gasteiger partial charge in [0.05, 0.1) is 13.7 Å². The number of likely N-dealkylation sites (tertiary alicyclic amines) is 1. The minimum Gasteiger partial charge on any atom is -0.497 e. The number of benzene rings is 1. The summed E-state index contributed by atoms with van der Waals surface area (Å²) in [5.41, 5.74) is 0.528. The summed E-state index contributed by atoms with van der Waals surface area (Å²) in [5, 5.41) is 0. The molecule has 7 nitrogen and oxygen atoms in total. The molecule has 2 rings (SSSR count). The highest BCUT2D eigenvalue weighted by Crippen LogP contribution is 2.21. The number of ether oxygens (including phenoxy) is 2. The van der Waals surface area contributed by atoms with E-state index < -0.39 is 5.60 Å². The molecule has 0 spiro atoms. The molecule has 0 bridgehead atoms. The van der Waals surface area contributed by atoms with Gasteiger partial charge in [0.1, 0.15) is 11.4 Å². The molecule has 30 heavy (non-hydrogen) atoms. The van der Waals surface area contributed by atoms with Crippen LogP contribution in [0.5, 0.6) is 5.75 Å². The van der Waals surface area contributed by atoms with Gasteiger partial charge in [-0.3, -0.25) is 4.90 Å². The average molecular weight is 418 g/mol. The zero-order valence-electron chi connectivity index (χ0n) is 18.9. The third-order valence-electron chi connectivity index (χ3n) is 5.77. The fourth-order valence-electron chi connectivity index (χ4n) is 3.31. The van der Waals surface area contributed by atoms with Crippen LogP contribution in [0, 0.1) is 0 Å². The summed E-state index contributed by atoms with van der Waals surface area (Å²) in [5.74, 6) is 0.778. The number of carbonyl (C=O) groups is 2. The topological polar surface area (TPSA) is 62.3 Å². The van der Waals surface area contributed by atoms with Gasteiger partial charge in [0, 0.05) is 32.4 Å². The number of hydrogen-bond donors (Lipinski definition) is 0. The van der Waals surface area contributed by atoms with E-state index in [0.717, 1.165) is 30.6 Å². The number of nitrogens with zero attached hydrogens (tertiary/aromatic N) is 3. The van der Waals surface area contributed by atoms with Crippen molar-refractivity contribution in [1.82, 2.24) is 14.7 Å². The molecule has 1 aromatic carbocycles. The van der Waals surface area contributed by atoms with E-state index in [1.54, 1.807) is 28.0 Å². The van der Waals surface area contributed by atoms with Crippen LogP contribution in [0.15, 0.2) is 37.0 Å². The first-order chi connectivity index (χ1) is 14.2. The van der Waals surface area contributed by atoms with Gasteiger partial charge in [-0.15, -0.1) is 0 Å². The Morgan fingerprint density at radius 1 is 1.23 bits per heavy atom. The van der Waals surface area contributed by atoms with Crippen LogP contribution >= 0.6 is 0 Å². The normalized spacial score (nSPS) is 14.8. The summed E-state index contributed by atoms with van der Waals surface area (Å²) >= 11 is 0. The maximum atomic E-state index is 13.0. The molecular formula is C23H35N3O4.